The molecule has 0 fully saturated rings. The van der Waals surface area contributed by atoms with Gasteiger partial charge in [0, 0.05) is 12.8 Å². The molecule has 0 heterocycles. The van der Waals surface area contributed by atoms with Crippen molar-refractivity contribution in [2.24, 2.45) is 0 Å². The number of carbonyl (C=O) groups is 1. The van der Waals surface area contributed by atoms with E-state index >= 15 is 0 Å². The van der Waals surface area contributed by atoms with Crippen molar-refractivity contribution in [2.75, 3.05) is 0 Å². The minimum Gasteiger partial charge on any atom is -0.393 e. The molecule has 2 nitrogen and oxygen atoms in total. The van der Waals surface area contributed by atoms with Crippen LogP contribution in [0.2, 0.25) is 0 Å². The Morgan fingerprint density at radius 1 is 1.67 bits per heavy atom. The summed E-state index contributed by atoms with van der Waals surface area (Å²) in [5, 5.41) is 8.74. The standard InChI is InChI=1S/C7H14O2/c1-3-7(9)5-4-6(2)8/h6,8H,3-5H2,1-2H3/t6-/m0/s1. The Morgan fingerprint density at radius 3 is 2.56 bits per heavy atom. The van der Waals surface area contributed by atoms with E-state index in [0.717, 1.165) is 0 Å². The molecule has 0 saturated carbocycles. The van der Waals surface area contributed by atoms with Crippen molar-refractivity contribution in [2.45, 2.75) is 39.2 Å². The highest BCUT2D eigenvalue weighted by Crippen LogP contribution is 1.98. The van der Waals surface area contributed by atoms with E-state index < -0.39 is 0 Å². The summed E-state index contributed by atoms with van der Waals surface area (Å²) >= 11 is 0. The Labute approximate surface area is 55.9 Å². The van der Waals surface area contributed by atoms with Crippen LogP contribution in [0.15, 0.2) is 0 Å². The molecule has 0 saturated heterocycles. The summed E-state index contributed by atoms with van der Waals surface area (Å²) < 4.78 is 0. The number of aliphatic hydroxyl groups excluding tert-OH is 1. The first-order valence-corrected chi connectivity index (χ1v) is 3.36. The first kappa shape index (κ1) is 8.63. The van der Waals surface area contributed by atoms with Crippen molar-refractivity contribution in [1.82, 2.24) is 0 Å². The van der Waals surface area contributed by atoms with E-state index in [2.05, 4.69) is 0 Å². The van der Waals surface area contributed by atoms with Crippen molar-refractivity contribution in [3.05, 3.63) is 0 Å². The molecule has 0 aromatic carbocycles. The molecule has 1 N–H and O–H groups in total. The van der Waals surface area contributed by atoms with Crippen LogP contribution in [-0.4, -0.2) is 17.0 Å². The second-order valence-electron chi connectivity index (χ2n) is 2.28. The molecular formula is C7H14O2. The Balaban J connectivity index is 3.17. The largest absolute Gasteiger partial charge is 0.393 e. The van der Waals surface area contributed by atoms with Gasteiger partial charge in [-0.1, -0.05) is 6.92 Å². The monoisotopic (exact) mass is 130 g/mol. The molecule has 0 aromatic heterocycles. The van der Waals surface area contributed by atoms with Gasteiger partial charge in [-0.15, -0.1) is 0 Å². The summed E-state index contributed by atoms with van der Waals surface area (Å²) in [6.45, 7) is 3.54. The van der Waals surface area contributed by atoms with Gasteiger partial charge in [-0.25, -0.2) is 0 Å². The van der Waals surface area contributed by atoms with E-state index in [1.165, 1.54) is 0 Å². The molecule has 0 rings (SSSR count). The molecule has 0 unspecified atom stereocenters. The van der Waals surface area contributed by atoms with Gasteiger partial charge in [0.05, 0.1) is 6.10 Å². The lowest BCUT2D eigenvalue weighted by Gasteiger charge is -1.99. The molecule has 0 spiro atoms. The van der Waals surface area contributed by atoms with Crippen molar-refractivity contribution in [1.29, 1.82) is 0 Å². The molecule has 1 atom stereocenters. The summed E-state index contributed by atoms with van der Waals surface area (Å²) in [6, 6.07) is 0. The predicted octanol–water partition coefficient (Wildman–Crippen LogP) is 1.13. The smallest absolute Gasteiger partial charge is 0.132 e. The van der Waals surface area contributed by atoms with Gasteiger partial charge in [-0.2, -0.15) is 0 Å². The Morgan fingerprint density at radius 2 is 2.22 bits per heavy atom. The summed E-state index contributed by atoms with van der Waals surface area (Å²) in [5.41, 5.74) is 0. The van der Waals surface area contributed by atoms with Crippen LogP contribution < -0.4 is 0 Å². The highest BCUT2D eigenvalue weighted by atomic mass is 16.3. The topological polar surface area (TPSA) is 37.3 Å². The number of rotatable bonds is 4. The van der Waals surface area contributed by atoms with Crippen LogP contribution in [0.4, 0.5) is 0 Å². The second kappa shape index (κ2) is 4.50. The lowest BCUT2D eigenvalue weighted by atomic mass is 10.1. The molecular weight excluding hydrogens is 116 g/mol. The van der Waals surface area contributed by atoms with E-state index in [1.807, 2.05) is 6.92 Å². The lowest BCUT2D eigenvalue weighted by molar-refractivity contribution is -0.119. The van der Waals surface area contributed by atoms with E-state index in [4.69, 9.17) is 5.11 Å². The van der Waals surface area contributed by atoms with Gasteiger partial charge in [0.1, 0.15) is 5.78 Å². The van der Waals surface area contributed by atoms with Crippen molar-refractivity contribution < 1.29 is 9.90 Å². The molecule has 0 amide bonds. The normalized spacial score (nSPS) is 13.2. The molecule has 0 bridgehead atoms. The molecule has 0 aliphatic heterocycles. The van der Waals surface area contributed by atoms with Crippen molar-refractivity contribution in [3.63, 3.8) is 0 Å². The van der Waals surface area contributed by atoms with Gasteiger partial charge in [-0.3, -0.25) is 4.79 Å². The Bertz CT molecular complexity index is 86.9. The maximum Gasteiger partial charge on any atom is 0.132 e. The third-order valence-electron chi connectivity index (χ3n) is 1.24. The number of aliphatic hydroxyl groups is 1. The first-order valence-electron chi connectivity index (χ1n) is 3.36. The minimum absolute atomic E-state index is 0.232. The third-order valence-corrected chi connectivity index (χ3v) is 1.24. The van der Waals surface area contributed by atoms with Crippen molar-refractivity contribution in [3.8, 4) is 0 Å². The SMILES string of the molecule is CCC(=O)CC[C@H](C)O. The lowest BCUT2D eigenvalue weighted by Crippen LogP contribution is -2.03. The number of Topliss-reactive ketones (excluding diaryl/α,β-unsaturated/α-hetero) is 1. The van der Waals surface area contributed by atoms with Crippen LogP contribution in [0.5, 0.6) is 0 Å². The van der Waals surface area contributed by atoms with Crippen LogP contribution in [0.1, 0.15) is 33.1 Å². The highest BCUT2D eigenvalue weighted by Gasteiger charge is 2.00. The first-order chi connectivity index (χ1) is 4.16. The van der Waals surface area contributed by atoms with Gasteiger partial charge >= 0.3 is 0 Å². The van der Waals surface area contributed by atoms with Crippen LogP contribution in [-0.2, 0) is 4.79 Å². The molecule has 0 aliphatic rings. The minimum atomic E-state index is -0.333. The summed E-state index contributed by atoms with van der Waals surface area (Å²) in [5.74, 6) is 0.232. The fourth-order valence-corrected chi connectivity index (χ4v) is 0.547. The van der Waals surface area contributed by atoms with Crippen LogP contribution in [0.3, 0.4) is 0 Å². The second-order valence-corrected chi connectivity index (χ2v) is 2.28. The van der Waals surface area contributed by atoms with Gasteiger partial charge in [0.15, 0.2) is 0 Å². The van der Waals surface area contributed by atoms with E-state index in [9.17, 15) is 4.79 Å². The van der Waals surface area contributed by atoms with Gasteiger partial charge in [0.2, 0.25) is 0 Å². The molecule has 0 radical (unpaired) electrons. The average molecular weight is 130 g/mol. The van der Waals surface area contributed by atoms with E-state index in [-0.39, 0.29) is 11.9 Å². The molecule has 0 aromatic rings. The quantitative estimate of drug-likeness (QED) is 0.619. The summed E-state index contributed by atoms with van der Waals surface area (Å²) in [4.78, 5) is 10.6. The molecule has 54 valence electrons. The summed E-state index contributed by atoms with van der Waals surface area (Å²) in [6.07, 6.45) is 1.38. The van der Waals surface area contributed by atoms with Crippen LogP contribution in [0, 0.1) is 0 Å². The van der Waals surface area contributed by atoms with E-state index in [1.54, 1.807) is 6.92 Å². The average Bonchev–Trinajstić information content (AvgIpc) is 1.83. The zero-order chi connectivity index (χ0) is 7.28. The van der Waals surface area contributed by atoms with Gasteiger partial charge < -0.3 is 5.11 Å². The highest BCUT2D eigenvalue weighted by molar-refractivity contribution is 5.77. The van der Waals surface area contributed by atoms with Crippen molar-refractivity contribution >= 4 is 5.78 Å². The van der Waals surface area contributed by atoms with Gasteiger partial charge in [-0.05, 0) is 13.3 Å². The maximum atomic E-state index is 10.6. The van der Waals surface area contributed by atoms with E-state index in [0.29, 0.717) is 19.3 Å². The molecule has 2 heteroatoms. The maximum absolute atomic E-state index is 10.6. The number of ketones is 1. The Kier molecular flexibility index (Phi) is 4.32. The summed E-state index contributed by atoms with van der Waals surface area (Å²) in [7, 11) is 0. The Hall–Kier alpha value is -0.370. The zero-order valence-electron chi connectivity index (χ0n) is 6.05. The fourth-order valence-electron chi connectivity index (χ4n) is 0.547. The zero-order valence-corrected chi connectivity index (χ0v) is 6.05. The van der Waals surface area contributed by atoms with Crippen LogP contribution >= 0.6 is 0 Å². The number of hydrogen-bond donors (Lipinski definition) is 1. The van der Waals surface area contributed by atoms with Crippen LogP contribution in [0.25, 0.3) is 0 Å². The molecule has 9 heavy (non-hydrogen) atoms. The molecule has 0 aliphatic carbocycles. The fraction of sp³-hybridized carbons (Fsp3) is 0.857. The number of carbonyl (C=O) groups excluding carboxylic acids is 1. The number of hydrogen-bond acceptors (Lipinski definition) is 2. The van der Waals surface area contributed by atoms with Gasteiger partial charge in [0.25, 0.3) is 0 Å². The predicted molar refractivity (Wildman–Crippen MR) is 36.2 cm³/mol. The third kappa shape index (κ3) is 5.50.